The Labute approximate surface area is 102 Å². The fraction of sp³-hybridized carbons (Fsp3) is 0.500. The molecule has 0 fully saturated rings. The third-order valence-electron chi connectivity index (χ3n) is 2.57. The zero-order chi connectivity index (χ0) is 13.0. The van der Waals surface area contributed by atoms with E-state index in [1.54, 1.807) is 25.1 Å². The number of aromatic carboxylic acids is 1. The lowest BCUT2D eigenvalue weighted by Gasteiger charge is -2.17. The van der Waals surface area contributed by atoms with E-state index in [0.29, 0.717) is 11.5 Å². The Hall–Kier alpha value is -1.51. The van der Waals surface area contributed by atoms with Gasteiger partial charge in [0.15, 0.2) is 0 Å². The molecule has 0 saturated heterocycles. The SMILES string of the molecule is Cc1cc(OC(C)CC(C)C)ccc1C(=O)O. The third-order valence-corrected chi connectivity index (χ3v) is 2.57. The molecule has 0 aliphatic rings. The molecule has 1 rings (SSSR count). The fourth-order valence-electron chi connectivity index (χ4n) is 1.89. The molecule has 0 aromatic heterocycles. The van der Waals surface area contributed by atoms with E-state index in [2.05, 4.69) is 13.8 Å². The molecule has 0 spiro atoms. The van der Waals surface area contributed by atoms with Crippen LogP contribution in [0, 0.1) is 12.8 Å². The van der Waals surface area contributed by atoms with E-state index in [0.717, 1.165) is 17.7 Å². The zero-order valence-corrected chi connectivity index (χ0v) is 10.9. The number of rotatable bonds is 5. The summed E-state index contributed by atoms with van der Waals surface area (Å²) in [7, 11) is 0. The summed E-state index contributed by atoms with van der Waals surface area (Å²) in [6, 6.07) is 5.09. The summed E-state index contributed by atoms with van der Waals surface area (Å²) in [6.07, 6.45) is 1.13. The Balaban J connectivity index is 2.74. The Bertz CT molecular complexity index is 396. The Morgan fingerprint density at radius 2 is 2.00 bits per heavy atom. The van der Waals surface area contributed by atoms with Gasteiger partial charge in [0.1, 0.15) is 5.75 Å². The van der Waals surface area contributed by atoms with Crippen molar-refractivity contribution in [3.63, 3.8) is 0 Å². The van der Waals surface area contributed by atoms with Crippen molar-refractivity contribution in [1.82, 2.24) is 0 Å². The lowest BCUT2D eigenvalue weighted by Crippen LogP contribution is -2.14. The quantitative estimate of drug-likeness (QED) is 0.851. The molecule has 1 unspecified atom stereocenters. The highest BCUT2D eigenvalue weighted by atomic mass is 16.5. The molecule has 0 amide bonds. The second kappa shape index (κ2) is 5.71. The molecule has 3 nitrogen and oxygen atoms in total. The minimum Gasteiger partial charge on any atom is -0.491 e. The predicted octanol–water partition coefficient (Wildman–Crippen LogP) is 3.51. The van der Waals surface area contributed by atoms with Gasteiger partial charge in [0.25, 0.3) is 0 Å². The van der Waals surface area contributed by atoms with Crippen LogP contribution in [-0.2, 0) is 0 Å². The van der Waals surface area contributed by atoms with Crippen molar-refractivity contribution < 1.29 is 14.6 Å². The van der Waals surface area contributed by atoms with Crippen LogP contribution in [0.2, 0.25) is 0 Å². The van der Waals surface area contributed by atoms with Gasteiger partial charge in [-0.25, -0.2) is 4.79 Å². The molecule has 0 radical (unpaired) electrons. The average Bonchev–Trinajstić information content (AvgIpc) is 2.15. The van der Waals surface area contributed by atoms with Gasteiger partial charge in [-0.05, 0) is 49.9 Å². The molecule has 1 aromatic carbocycles. The van der Waals surface area contributed by atoms with Crippen LogP contribution in [0.1, 0.15) is 43.1 Å². The number of carboxylic acids is 1. The topological polar surface area (TPSA) is 46.5 Å². The van der Waals surface area contributed by atoms with Crippen LogP contribution in [0.25, 0.3) is 0 Å². The lowest BCUT2D eigenvalue weighted by atomic mass is 10.1. The smallest absolute Gasteiger partial charge is 0.335 e. The number of hydrogen-bond donors (Lipinski definition) is 1. The molecule has 17 heavy (non-hydrogen) atoms. The molecule has 0 aliphatic carbocycles. The maximum atomic E-state index is 10.9. The first kappa shape index (κ1) is 13.6. The molecule has 94 valence electrons. The van der Waals surface area contributed by atoms with Gasteiger partial charge in [0, 0.05) is 0 Å². The monoisotopic (exact) mass is 236 g/mol. The van der Waals surface area contributed by atoms with Crippen LogP contribution >= 0.6 is 0 Å². The number of hydrogen-bond acceptors (Lipinski definition) is 2. The largest absolute Gasteiger partial charge is 0.491 e. The number of carbonyl (C=O) groups is 1. The zero-order valence-electron chi connectivity index (χ0n) is 10.9. The van der Waals surface area contributed by atoms with Crippen LogP contribution in [0.15, 0.2) is 18.2 Å². The van der Waals surface area contributed by atoms with E-state index in [9.17, 15) is 4.79 Å². The molecule has 0 aliphatic heterocycles. The molecule has 0 saturated carbocycles. The molecule has 0 bridgehead atoms. The highest BCUT2D eigenvalue weighted by molar-refractivity contribution is 5.89. The number of ether oxygens (including phenoxy) is 1. The molecule has 1 N–H and O–H groups in total. The van der Waals surface area contributed by atoms with Crippen molar-refractivity contribution in [2.24, 2.45) is 5.92 Å². The van der Waals surface area contributed by atoms with Crippen LogP contribution in [-0.4, -0.2) is 17.2 Å². The van der Waals surface area contributed by atoms with Gasteiger partial charge in [-0.3, -0.25) is 0 Å². The summed E-state index contributed by atoms with van der Waals surface area (Å²) in [5.74, 6) is 0.425. The average molecular weight is 236 g/mol. The maximum Gasteiger partial charge on any atom is 0.335 e. The van der Waals surface area contributed by atoms with Crippen molar-refractivity contribution in [2.75, 3.05) is 0 Å². The van der Waals surface area contributed by atoms with E-state index >= 15 is 0 Å². The van der Waals surface area contributed by atoms with Crippen molar-refractivity contribution in [3.8, 4) is 5.75 Å². The van der Waals surface area contributed by atoms with E-state index in [1.807, 2.05) is 6.92 Å². The summed E-state index contributed by atoms with van der Waals surface area (Å²) in [6.45, 7) is 8.11. The first-order valence-electron chi connectivity index (χ1n) is 5.90. The summed E-state index contributed by atoms with van der Waals surface area (Å²) in [4.78, 5) is 10.9. The Morgan fingerprint density at radius 3 is 2.47 bits per heavy atom. The molecule has 3 heteroatoms. The van der Waals surface area contributed by atoms with Gasteiger partial charge in [-0.15, -0.1) is 0 Å². The summed E-state index contributed by atoms with van der Waals surface area (Å²) in [5.41, 5.74) is 1.06. The maximum absolute atomic E-state index is 10.9. The number of aryl methyl sites for hydroxylation is 1. The molecule has 0 heterocycles. The summed E-state index contributed by atoms with van der Waals surface area (Å²) >= 11 is 0. The fourth-order valence-corrected chi connectivity index (χ4v) is 1.89. The minimum absolute atomic E-state index is 0.144. The van der Waals surface area contributed by atoms with Gasteiger partial charge < -0.3 is 9.84 Å². The van der Waals surface area contributed by atoms with Crippen LogP contribution in [0.4, 0.5) is 0 Å². The number of carboxylic acid groups (broad SMARTS) is 1. The number of benzene rings is 1. The first-order valence-corrected chi connectivity index (χ1v) is 5.90. The predicted molar refractivity (Wildman–Crippen MR) is 67.7 cm³/mol. The molecule has 1 atom stereocenters. The van der Waals surface area contributed by atoms with E-state index in [-0.39, 0.29) is 6.10 Å². The van der Waals surface area contributed by atoms with E-state index in [4.69, 9.17) is 9.84 Å². The van der Waals surface area contributed by atoms with Gasteiger partial charge in [0.05, 0.1) is 11.7 Å². The van der Waals surface area contributed by atoms with Crippen molar-refractivity contribution in [2.45, 2.75) is 40.2 Å². The van der Waals surface area contributed by atoms with Crippen molar-refractivity contribution in [1.29, 1.82) is 0 Å². The first-order chi connectivity index (χ1) is 7.90. The van der Waals surface area contributed by atoms with Crippen molar-refractivity contribution >= 4 is 5.97 Å². The van der Waals surface area contributed by atoms with Gasteiger partial charge >= 0.3 is 5.97 Å². The van der Waals surface area contributed by atoms with Gasteiger partial charge in [0.2, 0.25) is 0 Å². The van der Waals surface area contributed by atoms with Crippen molar-refractivity contribution in [3.05, 3.63) is 29.3 Å². The second-order valence-corrected chi connectivity index (χ2v) is 4.84. The second-order valence-electron chi connectivity index (χ2n) is 4.84. The standard InChI is InChI=1S/C14H20O3/c1-9(2)7-11(4)17-12-5-6-13(14(15)16)10(3)8-12/h5-6,8-9,11H,7H2,1-4H3,(H,15,16). The Morgan fingerprint density at radius 1 is 1.35 bits per heavy atom. The molecular weight excluding hydrogens is 216 g/mol. The summed E-state index contributed by atoms with van der Waals surface area (Å²) in [5, 5.41) is 8.92. The molecule has 1 aromatic rings. The van der Waals surface area contributed by atoms with E-state index in [1.165, 1.54) is 0 Å². The van der Waals surface area contributed by atoms with E-state index < -0.39 is 5.97 Å². The van der Waals surface area contributed by atoms with Crippen LogP contribution in [0.3, 0.4) is 0 Å². The third kappa shape index (κ3) is 4.10. The van der Waals surface area contributed by atoms with Crippen LogP contribution < -0.4 is 4.74 Å². The van der Waals surface area contributed by atoms with Crippen LogP contribution in [0.5, 0.6) is 5.75 Å². The summed E-state index contributed by atoms with van der Waals surface area (Å²) < 4.78 is 5.75. The highest BCUT2D eigenvalue weighted by Crippen LogP contribution is 2.20. The van der Waals surface area contributed by atoms with Gasteiger partial charge in [-0.1, -0.05) is 13.8 Å². The lowest BCUT2D eigenvalue weighted by molar-refractivity contribution is 0.0696. The van der Waals surface area contributed by atoms with Gasteiger partial charge in [-0.2, -0.15) is 0 Å². The normalized spacial score (nSPS) is 12.5. The minimum atomic E-state index is -0.899. The highest BCUT2D eigenvalue weighted by Gasteiger charge is 2.10. The molecular formula is C14H20O3. The Kier molecular flexibility index (Phi) is 4.55.